The topological polar surface area (TPSA) is 22.1 Å². The summed E-state index contributed by atoms with van der Waals surface area (Å²) in [7, 11) is 0. The van der Waals surface area contributed by atoms with Crippen molar-refractivity contribution in [1.29, 1.82) is 0 Å². The monoisotopic (exact) mass is 623 g/mol. The van der Waals surface area contributed by atoms with Gasteiger partial charge >= 0.3 is 0 Å². The fourth-order valence-electron chi connectivity index (χ4n) is 7.46. The molecule has 2 heteroatoms. The average Bonchev–Trinajstić information content (AvgIpc) is 3.18. The van der Waals surface area contributed by atoms with E-state index in [1.165, 1.54) is 54.6 Å². The molecular formula is C47H29NO. The number of rotatable bonds is 4. The van der Waals surface area contributed by atoms with Crippen molar-refractivity contribution in [1.82, 2.24) is 4.98 Å². The first-order chi connectivity index (χ1) is 24.3. The molecule has 1 aliphatic rings. The molecular weight excluding hydrogens is 595 g/mol. The number of fused-ring (bicyclic) bond motifs is 5. The van der Waals surface area contributed by atoms with Crippen molar-refractivity contribution in [3.05, 3.63) is 176 Å². The number of para-hydroxylation sites is 1. The molecule has 49 heavy (non-hydrogen) atoms. The lowest BCUT2D eigenvalue weighted by Gasteiger charge is -2.22. The smallest absolute Gasteiger partial charge is 0.135 e. The fraction of sp³-hybridized carbons (Fsp3) is 0. The van der Waals surface area contributed by atoms with E-state index in [0.717, 1.165) is 45.1 Å². The van der Waals surface area contributed by atoms with E-state index in [-0.39, 0.29) is 0 Å². The summed E-state index contributed by atoms with van der Waals surface area (Å²) >= 11 is 0. The number of hydrogen-bond acceptors (Lipinski definition) is 2. The Morgan fingerprint density at radius 2 is 0.939 bits per heavy atom. The first kappa shape index (κ1) is 27.6. The van der Waals surface area contributed by atoms with Gasteiger partial charge in [0.2, 0.25) is 0 Å². The second-order valence-electron chi connectivity index (χ2n) is 12.7. The molecule has 10 rings (SSSR count). The van der Waals surface area contributed by atoms with Gasteiger partial charge in [-0.05, 0) is 91.1 Å². The summed E-state index contributed by atoms with van der Waals surface area (Å²) in [5, 5.41) is 7.31. The number of ether oxygens (including phenoxy) is 1. The molecule has 0 radical (unpaired) electrons. The molecule has 0 N–H and O–H groups in total. The van der Waals surface area contributed by atoms with Crippen LogP contribution in [-0.4, -0.2) is 4.98 Å². The van der Waals surface area contributed by atoms with Crippen LogP contribution in [0.5, 0.6) is 11.5 Å². The minimum atomic E-state index is 0.910. The van der Waals surface area contributed by atoms with Gasteiger partial charge in [-0.1, -0.05) is 140 Å². The number of benzene rings is 8. The van der Waals surface area contributed by atoms with Crippen LogP contribution in [0.1, 0.15) is 0 Å². The van der Waals surface area contributed by atoms with E-state index in [4.69, 9.17) is 9.72 Å². The molecule has 0 bridgehead atoms. The zero-order chi connectivity index (χ0) is 32.3. The van der Waals surface area contributed by atoms with Gasteiger partial charge in [0.15, 0.2) is 0 Å². The standard InChI is InChI=1S/C47H29NO/c1-3-10-30(11-4-1)43-28-36(29-44(48-43)31-12-5-2-6-13-31)32-20-22-37-33(26-32)18-19-34-27-35(21-23-38(34)37)39-24-25-46-47-41(39)15-9-16-42(47)40-14-7-8-17-45(40)49-46/h1-29H. The molecule has 2 heterocycles. The second-order valence-corrected chi connectivity index (χ2v) is 12.7. The molecule has 8 aromatic carbocycles. The Morgan fingerprint density at radius 1 is 0.327 bits per heavy atom. The summed E-state index contributed by atoms with van der Waals surface area (Å²) in [6.07, 6.45) is 0. The largest absolute Gasteiger partial charge is 0.456 e. The van der Waals surface area contributed by atoms with E-state index in [1.54, 1.807) is 0 Å². The van der Waals surface area contributed by atoms with E-state index < -0.39 is 0 Å². The fourth-order valence-corrected chi connectivity index (χ4v) is 7.46. The third-order valence-electron chi connectivity index (χ3n) is 9.84. The predicted molar refractivity (Wildman–Crippen MR) is 204 cm³/mol. The molecule has 0 unspecified atom stereocenters. The lowest BCUT2D eigenvalue weighted by Crippen LogP contribution is -1.97. The van der Waals surface area contributed by atoms with Crippen molar-refractivity contribution in [3.8, 4) is 67.4 Å². The van der Waals surface area contributed by atoms with Crippen LogP contribution in [0.25, 0.3) is 88.2 Å². The van der Waals surface area contributed by atoms with Crippen LogP contribution in [0.2, 0.25) is 0 Å². The quantitative estimate of drug-likeness (QED) is 0.182. The van der Waals surface area contributed by atoms with Gasteiger partial charge in [0.05, 0.1) is 11.4 Å². The van der Waals surface area contributed by atoms with Crippen LogP contribution in [-0.2, 0) is 0 Å². The van der Waals surface area contributed by atoms with Gasteiger partial charge in [0, 0.05) is 22.1 Å². The molecule has 0 amide bonds. The molecule has 9 aromatic rings. The van der Waals surface area contributed by atoms with Gasteiger partial charge in [0.1, 0.15) is 11.5 Å². The van der Waals surface area contributed by atoms with Gasteiger partial charge in [0.25, 0.3) is 0 Å². The van der Waals surface area contributed by atoms with Crippen molar-refractivity contribution in [2.45, 2.75) is 0 Å². The Balaban J connectivity index is 1.07. The van der Waals surface area contributed by atoms with Gasteiger partial charge in [-0.25, -0.2) is 4.98 Å². The molecule has 0 spiro atoms. The highest BCUT2D eigenvalue weighted by molar-refractivity contribution is 6.13. The van der Waals surface area contributed by atoms with Gasteiger partial charge < -0.3 is 4.74 Å². The van der Waals surface area contributed by atoms with Crippen LogP contribution in [0.4, 0.5) is 0 Å². The molecule has 0 atom stereocenters. The van der Waals surface area contributed by atoms with Crippen LogP contribution < -0.4 is 4.74 Å². The molecule has 0 fully saturated rings. The summed E-state index contributed by atoms with van der Waals surface area (Å²) in [4.78, 5) is 5.08. The van der Waals surface area contributed by atoms with Crippen LogP contribution >= 0.6 is 0 Å². The Labute approximate surface area is 284 Å². The first-order valence-corrected chi connectivity index (χ1v) is 16.7. The Morgan fingerprint density at radius 3 is 1.65 bits per heavy atom. The maximum Gasteiger partial charge on any atom is 0.135 e. The first-order valence-electron chi connectivity index (χ1n) is 16.7. The number of nitrogens with zero attached hydrogens (tertiary/aromatic N) is 1. The van der Waals surface area contributed by atoms with Gasteiger partial charge in [-0.2, -0.15) is 0 Å². The lowest BCUT2D eigenvalue weighted by atomic mass is 9.89. The third-order valence-corrected chi connectivity index (χ3v) is 9.84. The molecule has 1 aromatic heterocycles. The van der Waals surface area contributed by atoms with Crippen molar-refractivity contribution in [3.63, 3.8) is 0 Å². The van der Waals surface area contributed by atoms with Crippen LogP contribution in [0, 0.1) is 0 Å². The second kappa shape index (κ2) is 11.0. The van der Waals surface area contributed by atoms with E-state index >= 15 is 0 Å². The summed E-state index contributed by atoms with van der Waals surface area (Å²) < 4.78 is 6.35. The molecule has 0 saturated carbocycles. The average molecular weight is 624 g/mol. The maximum absolute atomic E-state index is 6.35. The summed E-state index contributed by atoms with van der Waals surface area (Å²) in [5.41, 5.74) is 11.3. The number of aromatic nitrogens is 1. The summed E-state index contributed by atoms with van der Waals surface area (Å²) in [6, 6.07) is 62.7. The van der Waals surface area contributed by atoms with Crippen molar-refractivity contribution < 1.29 is 4.74 Å². The highest BCUT2D eigenvalue weighted by atomic mass is 16.5. The van der Waals surface area contributed by atoms with Crippen molar-refractivity contribution in [2.24, 2.45) is 0 Å². The minimum absolute atomic E-state index is 0.910. The lowest BCUT2D eigenvalue weighted by molar-refractivity contribution is 0.487. The highest BCUT2D eigenvalue weighted by Crippen LogP contribution is 2.48. The van der Waals surface area contributed by atoms with Crippen LogP contribution in [0.3, 0.4) is 0 Å². The normalized spacial score (nSPS) is 11.8. The molecule has 1 aliphatic heterocycles. The molecule has 0 saturated heterocycles. The minimum Gasteiger partial charge on any atom is -0.456 e. The molecule has 0 aliphatic carbocycles. The highest BCUT2D eigenvalue weighted by Gasteiger charge is 2.21. The summed E-state index contributed by atoms with van der Waals surface area (Å²) in [6.45, 7) is 0. The third kappa shape index (κ3) is 4.61. The summed E-state index contributed by atoms with van der Waals surface area (Å²) in [5.74, 6) is 1.82. The van der Waals surface area contributed by atoms with Crippen molar-refractivity contribution in [2.75, 3.05) is 0 Å². The number of hydrogen-bond donors (Lipinski definition) is 0. The Bertz CT molecular complexity index is 2670. The van der Waals surface area contributed by atoms with E-state index in [9.17, 15) is 0 Å². The maximum atomic E-state index is 6.35. The van der Waals surface area contributed by atoms with E-state index in [1.807, 2.05) is 24.3 Å². The zero-order valence-corrected chi connectivity index (χ0v) is 26.6. The van der Waals surface area contributed by atoms with Crippen LogP contribution in [0.15, 0.2) is 176 Å². The zero-order valence-electron chi connectivity index (χ0n) is 26.6. The van der Waals surface area contributed by atoms with Crippen molar-refractivity contribution >= 4 is 32.3 Å². The van der Waals surface area contributed by atoms with Gasteiger partial charge in [-0.15, -0.1) is 0 Å². The Kier molecular flexibility index (Phi) is 6.22. The predicted octanol–water partition coefficient (Wildman–Crippen LogP) is 13.0. The number of pyridine rings is 1. The van der Waals surface area contributed by atoms with E-state index in [0.29, 0.717) is 0 Å². The molecule has 2 nitrogen and oxygen atoms in total. The van der Waals surface area contributed by atoms with Gasteiger partial charge in [-0.3, -0.25) is 0 Å². The Hall–Kier alpha value is -6.51. The van der Waals surface area contributed by atoms with E-state index in [2.05, 4.69) is 152 Å². The molecule has 228 valence electrons. The SMILES string of the molecule is c1ccc(-c2cc(-c3ccc4c(ccc5cc(-c6ccc7c8c(cccc68)-c6ccccc6O7)ccc54)c3)cc(-c3ccccc3)n2)cc1.